The van der Waals surface area contributed by atoms with Gasteiger partial charge in [0.05, 0.1) is 31.7 Å². The van der Waals surface area contributed by atoms with Crippen LogP contribution in [0.25, 0.3) is 0 Å². The number of nitrogens with one attached hydrogen (secondary N) is 1. The van der Waals surface area contributed by atoms with Gasteiger partial charge in [-0.2, -0.15) is 0 Å². The van der Waals surface area contributed by atoms with Crippen LogP contribution in [0.5, 0.6) is 0 Å². The van der Waals surface area contributed by atoms with Gasteiger partial charge in [0, 0.05) is 7.11 Å². The van der Waals surface area contributed by atoms with Crippen LogP contribution in [0.2, 0.25) is 0 Å². The van der Waals surface area contributed by atoms with Crippen molar-refractivity contribution in [3.05, 3.63) is 0 Å². The third-order valence-corrected chi connectivity index (χ3v) is 2.59. The number of carbonyl (C=O) groups excluding carboxylic acids is 2. The minimum atomic E-state index is -0.801. The number of hydrogen-bond donors (Lipinski definition) is 2. The van der Waals surface area contributed by atoms with E-state index in [9.17, 15) is 9.59 Å². The average Bonchev–Trinajstić information content (AvgIpc) is 2.28. The van der Waals surface area contributed by atoms with Crippen molar-refractivity contribution in [2.24, 2.45) is 5.73 Å². The fraction of sp³-hybridized carbons (Fsp3) is 0.833. The predicted molar refractivity (Wildman–Crippen MR) is 75.2 cm³/mol. The Morgan fingerprint density at radius 1 is 1.37 bits per heavy atom. The van der Waals surface area contributed by atoms with Crippen molar-refractivity contribution in [2.75, 3.05) is 20.8 Å². The summed E-state index contributed by atoms with van der Waals surface area (Å²) in [5, 5.41) is 2.75. The van der Waals surface area contributed by atoms with Crippen molar-refractivity contribution in [3.8, 4) is 0 Å². The van der Waals surface area contributed by atoms with Gasteiger partial charge >= 0.3 is 5.97 Å². The summed E-state index contributed by atoms with van der Waals surface area (Å²) in [6, 6.07) is -0.566. The van der Waals surface area contributed by atoms with Crippen molar-refractivity contribution in [3.63, 3.8) is 0 Å². The molecule has 114 valence electrons. The van der Waals surface area contributed by atoms with E-state index in [0.29, 0.717) is 6.42 Å². The Morgan fingerprint density at radius 2 is 1.95 bits per heavy atom. The summed E-state index contributed by atoms with van der Waals surface area (Å²) in [6.07, 6.45) is 1.47. The van der Waals surface area contributed by atoms with Gasteiger partial charge in [0.15, 0.2) is 0 Å². The van der Waals surface area contributed by atoms with Gasteiger partial charge in [0.2, 0.25) is 5.91 Å². The zero-order chi connectivity index (χ0) is 14.2. The van der Waals surface area contributed by atoms with E-state index in [1.54, 1.807) is 6.92 Å². The summed E-state index contributed by atoms with van der Waals surface area (Å²) in [7, 11) is 2.81. The van der Waals surface area contributed by atoms with Crippen LogP contribution in [-0.4, -0.2) is 44.3 Å². The molecular formula is C12H25ClN2O4. The Balaban J connectivity index is 0. The Kier molecular flexibility index (Phi) is 10.8. The minimum absolute atomic E-state index is 0. The van der Waals surface area contributed by atoms with E-state index >= 15 is 0 Å². The van der Waals surface area contributed by atoms with Gasteiger partial charge in [0.1, 0.15) is 0 Å². The fourth-order valence-corrected chi connectivity index (χ4v) is 1.67. The second-order valence-electron chi connectivity index (χ2n) is 4.63. The summed E-state index contributed by atoms with van der Waals surface area (Å²) in [4.78, 5) is 23.2. The SMILES string of the molecule is CCCC(N)C(=O)NC(C)(COC)CC(=O)OC.Cl. The largest absolute Gasteiger partial charge is 0.469 e. The highest BCUT2D eigenvalue weighted by Gasteiger charge is 2.31. The fourth-order valence-electron chi connectivity index (χ4n) is 1.67. The molecule has 3 N–H and O–H groups in total. The van der Waals surface area contributed by atoms with Crippen molar-refractivity contribution in [1.29, 1.82) is 0 Å². The number of esters is 1. The van der Waals surface area contributed by atoms with Crippen molar-refractivity contribution < 1.29 is 19.1 Å². The summed E-state index contributed by atoms with van der Waals surface area (Å²) >= 11 is 0. The smallest absolute Gasteiger partial charge is 0.307 e. The van der Waals surface area contributed by atoms with E-state index < -0.39 is 17.6 Å². The summed E-state index contributed by atoms with van der Waals surface area (Å²) in [6.45, 7) is 3.90. The first-order valence-corrected chi connectivity index (χ1v) is 6.02. The lowest BCUT2D eigenvalue weighted by molar-refractivity contribution is -0.143. The van der Waals surface area contributed by atoms with E-state index in [1.807, 2.05) is 6.92 Å². The maximum atomic E-state index is 11.8. The van der Waals surface area contributed by atoms with Crippen molar-refractivity contribution in [2.45, 2.75) is 44.7 Å². The molecule has 6 nitrogen and oxygen atoms in total. The van der Waals surface area contributed by atoms with Gasteiger partial charge in [-0.3, -0.25) is 9.59 Å². The summed E-state index contributed by atoms with van der Waals surface area (Å²) < 4.78 is 9.63. The van der Waals surface area contributed by atoms with Gasteiger partial charge < -0.3 is 20.5 Å². The average molecular weight is 297 g/mol. The predicted octanol–water partition coefficient (Wildman–Crippen LogP) is 0.620. The van der Waals surface area contributed by atoms with Crippen LogP contribution in [0.4, 0.5) is 0 Å². The van der Waals surface area contributed by atoms with Gasteiger partial charge in [-0.15, -0.1) is 12.4 Å². The number of hydrogen-bond acceptors (Lipinski definition) is 5. The molecule has 0 fully saturated rings. The molecule has 0 heterocycles. The third kappa shape index (κ3) is 8.02. The molecule has 0 aliphatic rings. The second kappa shape index (κ2) is 10.00. The van der Waals surface area contributed by atoms with Gasteiger partial charge in [-0.25, -0.2) is 0 Å². The van der Waals surface area contributed by atoms with E-state index in [0.717, 1.165) is 6.42 Å². The molecule has 0 aromatic carbocycles. The Morgan fingerprint density at radius 3 is 2.37 bits per heavy atom. The van der Waals surface area contributed by atoms with E-state index in [-0.39, 0.29) is 31.3 Å². The molecule has 0 radical (unpaired) electrons. The van der Waals surface area contributed by atoms with Crippen LogP contribution >= 0.6 is 12.4 Å². The lowest BCUT2D eigenvalue weighted by atomic mass is 9.98. The van der Waals surface area contributed by atoms with Crippen LogP contribution < -0.4 is 11.1 Å². The molecular weight excluding hydrogens is 272 g/mol. The third-order valence-electron chi connectivity index (χ3n) is 2.59. The first-order chi connectivity index (χ1) is 8.38. The molecule has 0 rings (SSSR count). The molecule has 19 heavy (non-hydrogen) atoms. The van der Waals surface area contributed by atoms with Crippen molar-refractivity contribution in [1.82, 2.24) is 5.32 Å². The standard InChI is InChI=1S/C12H24N2O4.ClH/c1-5-6-9(13)11(16)14-12(2,8-17-3)7-10(15)18-4;/h9H,5-8,13H2,1-4H3,(H,14,16);1H. The minimum Gasteiger partial charge on any atom is -0.469 e. The van der Waals surface area contributed by atoms with E-state index in [1.165, 1.54) is 14.2 Å². The highest BCUT2D eigenvalue weighted by molar-refractivity contribution is 5.85. The molecule has 2 unspecified atom stereocenters. The molecule has 0 bridgehead atoms. The molecule has 0 saturated heterocycles. The Labute approximate surface area is 120 Å². The number of carbonyl (C=O) groups is 2. The molecule has 0 aromatic heterocycles. The number of rotatable bonds is 8. The topological polar surface area (TPSA) is 90.7 Å². The normalized spacial score (nSPS) is 14.8. The van der Waals surface area contributed by atoms with Crippen LogP contribution in [0.15, 0.2) is 0 Å². The zero-order valence-corrected chi connectivity index (χ0v) is 12.8. The maximum absolute atomic E-state index is 11.8. The molecule has 0 aliphatic carbocycles. The molecule has 0 saturated carbocycles. The number of nitrogens with two attached hydrogens (primary N) is 1. The summed E-state index contributed by atoms with van der Waals surface area (Å²) in [5.74, 6) is -0.681. The highest BCUT2D eigenvalue weighted by atomic mass is 35.5. The molecule has 0 aromatic rings. The molecule has 7 heteroatoms. The Hall–Kier alpha value is -0.850. The Bertz CT molecular complexity index is 289. The van der Waals surface area contributed by atoms with Crippen LogP contribution in [0, 0.1) is 0 Å². The van der Waals surface area contributed by atoms with E-state index in [4.69, 9.17) is 10.5 Å². The van der Waals surface area contributed by atoms with Gasteiger partial charge in [-0.1, -0.05) is 13.3 Å². The monoisotopic (exact) mass is 296 g/mol. The lowest BCUT2D eigenvalue weighted by Crippen LogP contribution is -2.55. The molecule has 0 spiro atoms. The molecule has 1 amide bonds. The maximum Gasteiger partial charge on any atom is 0.307 e. The van der Waals surface area contributed by atoms with Gasteiger partial charge in [0.25, 0.3) is 0 Å². The quantitative estimate of drug-likeness (QED) is 0.641. The second-order valence-corrected chi connectivity index (χ2v) is 4.63. The van der Waals surface area contributed by atoms with E-state index in [2.05, 4.69) is 10.1 Å². The zero-order valence-electron chi connectivity index (χ0n) is 12.0. The van der Waals surface area contributed by atoms with Gasteiger partial charge in [-0.05, 0) is 13.3 Å². The number of halogens is 1. The lowest BCUT2D eigenvalue weighted by Gasteiger charge is -2.30. The first-order valence-electron chi connectivity index (χ1n) is 6.02. The highest BCUT2D eigenvalue weighted by Crippen LogP contribution is 2.12. The van der Waals surface area contributed by atoms with Crippen LogP contribution in [-0.2, 0) is 19.1 Å². The van der Waals surface area contributed by atoms with Crippen LogP contribution in [0.1, 0.15) is 33.1 Å². The number of amides is 1. The summed E-state index contributed by atoms with van der Waals surface area (Å²) in [5.41, 5.74) is 4.92. The molecule has 0 aliphatic heterocycles. The number of methoxy groups -OCH3 is 2. The van der Waals surface area contributed by atoms with Crippen LogP contribution in [0.3, 0.4) is 0 Å². The first kappa shape index (κ1) is 20.5. The molecule has 2 atom stereocenters. The number of ether oxygens (including phenoxy) is 2. The van der Waals surface area contributed by atoms with Crippen molar-refractivity contribution >= 4 is 24.3 Å².